The van der Waals surface area contributed by atoms with E-state index in [4.69, 9.17) is 9.63 Å². The number of carboxylic acids is 1. The lowest BCUT2D eigenvalue weighted by molar-refractivity contribution is -0.142. The first-order valence-electron chi connectivity index (χ1n) is 6.31. The summed E-state index contributed by atoms with van der Waals surface area (Å²) in [6, 6.07) is -0.663. The van der Waals surface area contributed by atoms with Gasteiger partial charge in [-0.2, -0.15) is 0 Å². The van der Waals surface area contributed by atoms with Gasteiger partial charge in [0.05, 0.1) is 0 Å². The first-order chi connectivity index (χ1) is 8.01. The Balaban J connectivity index is 4.50. The van der Waals surface area contributed by atoms with Gasteiger partial charge in [0.15, 0.2) is 0 Å². The quantitative estimate of drug-likeness (QED) is 0.423. The zero-order valence-corrected chi connectivity index (χ0v) is 14.8. The number of hydroxylamine groups is 1. The van der Waals surface area contributed by atoms with Gasteiger partial charge < -0.3 is 9.63 Å². The average molecular weight is 340 g/mol. The van der Waals surface area contributed by atoms with E-state index in [0.29, 0.717) is 6.42 Å². The summed E-state index contributed by atoms with van der Waals surface area (Å²) in [5.41, 5.74) is 2.76. The summed E-state index contributed by atoms with van der Waals surface area (Å²) in [5.74, 6) is -0.869. The van der Waals surface area contributed by atoms with E-state index < -0.39 is 20.3 Å². The third kappa shape index (κ3) is 5.82. The highest BCUT2D eigenvalue weighted by Crippen LogP contribution is 2.36. The molecule has 0 saturated carbocycles. The van der Waals surface area contributed by atoms with Gasteiger partial charge in [0.1, 0.15) is 6.04 Å². The fraction of sp³-hybridized carbons (Fsp3) is 0.917. The number of nitrogens with one attached hydrogen (secondary N) is 1. The summed E-state index contributed by atoms with van der Waals surface area (Å²) in [6.07, 6.45) is 1.41. The summed E-state index contributed by atoms with van der Waals surface area (Å²) in [5, 5.41) is 9.23. The minimum absolute atomic E-state index is 0.0572. The van der Waals surface area contributed by atoms with Crippen LogP contribution in [-0.2, 0) is 9.32 Å². The van der Waals surface area contributed by atoms with Crippen LogP contribution in [0.3, 0.4) is 0 Å². The molecule has 6 heteroatoms. The molecule has 0 amide bonds. The van der Waals surface area contributed by atoms with Crippen molar-refractivity contribution in [3.05, 3.63) is 0 Å². The number of hydrogen-bond acceptors (Lipinski definition) is 3. The second-order valence-corrected chi connectivity index (χ2v) is 12.1. The van der Waals surface area contributed by atoms with E-state index in [-0.39, 0.29) is 9.87 Å². The van der Waals surface area contributed by atoms with Crippen LogP contribution in [0.4, 0.5) is 0 Å². The number of aliphatic carboxylic acids is 1. The highest BCUT2D eigenvalue weighted by Gasteiger charge is 2.39. The number of carbonyl (C=O) groups is 1. The van der Waals surface area contributed by atoms with Crippen LogP contribution in [0.1, 0.15) is 40.5 Å². The largest absolute Gasteiger partial charge is 0.480 e. The van der Waals surface area contributed by atoms with Crippen molar-refractivity contribution in [3.8, 4) is 0 Å². The van der Waals surface area contributed by atoms with Crippen molar-refractivity contribution in [3.63, 3.8) is 0 Å². The molecule has 0 radical (unpaired) electrons. The van der Waals surface area contributed by atoms with Crippen LogP contribution < -0.4 is 5.48 Å². The molecule has 18 heavy (non-hydrogen) atoms. The molecule has 0 heterocycles. The summed E-state index contributed by atoms with van der Waals surface area (Å²) >= 11 is 3.46. The van der Waals surface area contributed by atoms with E-state index in [2.05, 4.69) is 55.3 Å². The molecule has 2 N–H and O–H groups in total. The summed E-state index contributed by atoms with van der Waals surface area (Å²) in [6.45, 7) is 12.6. The van der Waals surface area contributed by atoms with Crippen molar-refractivity contribution in [2.75, 3.05) is 0 Å². The smallest absolute Gasteiger partial charge is 0.323 e. The Morgan fingerprint density at radius 2 is 1.94 bits per heavy atom. The van der Waals surface area contributed by atoms with Crippen LogP contribution in [0.5, 0.6) is 0 Å². The zero-order valence-electron chi connectivity index (χ0n) is 12.2. The molecule has 0 aromatic heterocycles. The second kappa shape index (κ2) is 7.03. The lowest BCUT2D eigenvalue weighted by Gasteiger charge is -2.36. The predicted octanol–water partition coefficient (Wildman–Crippen LogP) is 3.53. The average Bonchev–Trinajstić information content (AvgIpc) is 2.21. The summed E-state index contributed by atoms with van der Waals surface area (Å²) in [7, 11) is -1.96. The molecule has 0 fully saturated rings. The fourth-order valence-electron chi connectivity index (χ4n) is 0.993. The molecule has 0 aliphatic heterocycles. The molecule has 0 aliphatic rings. The molecule has 0 aliphatic carbocycles. The van der Waals surface area contributed by atoms with Crippen LogP contribution in [0.15, 0.2) is 0 Å². The van der Waals surface area contributed by atoms with E-state index in [1.54, 1.807) is 0 Å². The number of rotatable bonds is 7. The Kier molecular flexibility index (Phi) is 7.06. The maximum Gasteiger partial charge on any atom is 0.323 e. The van der Waals surface area contributed by atoms with Gasteiger partial charge >= 0.3 is 5.97 Å². The van der Waals surface area contributed by atoms with Gasteiger partial charge in [0.25, 0.3) is 0 Å². The third-order valence-corrected chi connectivity index (χ3v) is 8.76. The standard InChI is InChI=1S/C12H26BrNO3Si/c1-7-9(13)8-10(11(15)16)14-17-18(5,6)12(2,3)4/h9-10,14H,7-8H2,1-6H3,(H,15,16)/t9?,10-/m0/s1. The molecule has 0 rings (SSSR count). The van der Waals surface area contributed by atoms with Crippen molar-refractivity contribution in [2.24, 2.45) is 0 Å². The molecule has 0 aromatic carbocycles. The van der Waals surface area contributed by atoms with Crippen LogP contribution >= 0.6 is 15.9 Å². The number of alkyl halides is 1. The van der Waals surface area contributed by atoms with Gasteiger partial charge in [0.2, 0.25) is 8.32 Å². The van der Waals surface area contributed by atoms with Crippen molar-refractivity contribution in [2.45, 2.75) is 69.5 Å². The Hall–Kier alpha value is 0.0869. The van der Waals surface area contributed by atoms with Gasteiger partial charge in [0, 0.05) is 4.83 Å². The predicted molar refractivity (Wildman–Crippen MR) is 80.5 cm³/mol. The summed E-state index contributed by atoms with van der Waals surface area (Å²) in [4.78, 5) is 11.4. The van der Waals surface area contributed by atoms with Crippen LogP contribution in [-0.4, -0.2) is 30.3 Å². The van der Waals surface area contributed by atoms with E-state index in [1.165, 1.54) is 0 Å². The molecule has 1 unspecified atom stereocenters. The molecule has 2 atom stereocenters. The second-order valence-electron chi connectivity index (χ2n) is 6.11. The SMILES string of the molecule is CCC(Br)C[C@H](NO[Si](C)(C)C(C)(C)C)C(=O)O. The van der Waals surface area contributed by atoms with E-state index in [0.717, 1.165) is 6.42 Å². The lowest BCUT2D eigenvalue weighted by Crippen LogP contribution is -2.50. The van der Waals surface area contributed by atoms with Gasteiger partial charge in [-0.1, -0.05) is 43.6 Å². The normalized spacial score (nSPS) is 16.4. The molecule has 0 spiro atoms. The first kappa shape index (κ1) is 18.1. The number of halogens is 1. The lowest BCUT2D eigenvalue weighted by atomic mass is 10.1. The zero-order chi connectivity index (χ0) is 14.6. The van der Waals surface area contributed by atoms with Crippen molar-refractivity contribution in [1.29, 1.82) is 0 Å². The van der Waals surface area contributed by atoms with Crippen LogP contribution in [0, 0.1) is 0 Å². The van der Waals surface area contributed by atoms with Crippen LogP contribution in [0.25, 0.3) is 0 Å². The minimum atomic E-state index is -1.96. The Morgan fingerprint density at radius 3 is 2.28 bits per heavy atom. The highest BCUT2D eigenvalue weighted by molar-refractivity contribution is 9.09. The molecule has 0 aromatic rings. The molecule has 0 bridgehead atoms. The monoisotopic (exact) mass is 339 g/mol. The van der Waals surface area contributed by atoms with Gasteiger partial charge in [-0.15, -0.1) is 0 Å². The van der Waals surface area contributed by atoms with E-state index in [9.17, 15) is 4.79 Å². The van der Waals surface area contributed by atoms with Crippen molar-refractivity contribution < 1.29 is 14.4 Å². The summed E-state index contributed by atoms with van der Waals surface area (Å²) < 4.78 is 5.75. The Labute approximate surface area is 120 Å². The number of hydrogen-bond donors (Lipinski definition) is 2. The Bertz CT molecular complexity index is 279. The molecule has 4 nitrogen and oxygen atoms in total. The maximum atomic E-state index is 11.2. The van der Waals surface area contributed by atoms with Crippen molar-refractivity contribution in [1.82, 2.24) is 5.48 Å². The van der Waals surface area contributed by atoms with Gasteiger partial charge in [-0.05, 0) is 31.0 Å². The Morgan fingerprint density at radius 1 is 1.44 bits per heavy atom. The first-order valence-corrected chi connectivity index (χ1v) is 10.1. The molecular weight excluding hydrogens is 314 g/mol. The van der Waals surface area contributed by atoms with Crippen LogP contribution in [0.2, 0.25) is 18.1 Å². The number of carboxylic acid groups (broad SMARTS) is 1. The maximum absolute atomic E-state index is 11.2. The van der Waals surface area contributed by atoms with Crippen molar-refractivity contribution >= 4 is 30.2 Å². The minimum Gasteiger partial charge on any atom is -0.480 e. The third-order valence-electron chi connectivity index (χ3n) is 3.50. The highest BCUT2D eigenvalue weighted by atomic mass is 79.9. The molecule has 0 saturated heterocycles. The molecular formula is C12H26BrNO3Si. The van der Waals surface area contributed by atoms with Gasteiger partial charge in [-0.25, -0.2) is 5.48 Å². The van der Waals surface area contributed by atoms with Gasteiger partial charge in [-0.3, -0.25) is 4.79 Å². The molecule has 108 valence electrons. The fourth-order valence-corrected chi connectivity index (χ4v) is 2.11. The van der Waals surface area contributed by atoms with E-state index in [1.807, 2.05) is 6.92 Å². The topological polar surface area (TPSA) is 58.6 Å². The van der Waals surface area contributed by atoms with E-state index >= 15 is 0 Å².